The quantitative estimate of drug-likeness (QED) is 0.166. The van der Waals surface area contributed by atoms with Crippen LogP contribution in [0.5, 0.6) is 11.5 Å². The van der Waals surface area contributed by atoms with Crippen molar-refractivity contribution in [2.24, 2.45) is 5.41 Å². The first-order chi connectivity index (χ1) is 25.2. The van der Waals surface area contributed by atoms with Gasteiger partial charge in [-0.15, -0.1) is 0 Å². The Bertz CT molecular complexity index is 1920. The Morgan fingerprint density at radius 2 is 1.48 bits per heavy atom. The Morgan fingerprint density at radius 1 is 0.852 bits per heavy atom. The lowest BCUT2D eigenvalue weighted by atomic mass is 9.72. The van der Waals surface area contributed by atoms with Gasteiger partial charge in [0.05, 0.1) is 7.11 Å². The number of piperazine rings is 1. The van der Waals surface area contributed by atoms with E-state index in [1.807, 2.05) is 18.2 Å². The first-order valence-corrected chi connectivity index (χ1v) is 18.7. The molecule has 2 aliphatic rings. The highest BCUT2D eigenvalue weighted by Gasteiger charge is 2.31. The van der Waals surface area contributed by atoms with Gasteiger partial charge in [-0.05, 0) is 102 Å². The summed E-state index contributed by atoms with van der Waals surface area (Å²) in [4.78, 5) is 48.3. The zero-order valence-corrected chi connectivity index (χ0v) is 33.7. The number of carbonyl (C=O) groups is 3. The number of halogens is 1. The van der Waals surface area contributed by atoms with Crippen LogP contribution < -0.4 is 15.4 Å². The Balaban J connectivity index is 1.41. The molecule has 2 heterocycles. The predicted molar refractivity (Wildman–Crippen MR) is 211 cm³/mol. The number of esters is 3. The summed E-state index contributed by atoms with van der Waals surface area (Å²) in [6, 6.07) is 14.7. The maximum absolute atomic E-state index is 13.2. The SMILES string of the molecule is COC(=O)c1ccc(N2CCN(CC3=C(c4ccc(Cl)cc4)CC(C)(C)CC3)CC2)cc1Oc1cc(C(=O)OC(C)(C)C)nc(C(=O)OC(C)(C)C)c1N. The molecule has 11 nitrogen and oxygen atoms in total. The molecule has 1 aliphatic carbocycles. The van der Waals surface area contributed by atoms with Gasteiger partial charge in [-0.2, -0.15) is 0 Å². The number of ether oxygens (including phenoxy) is 4. The molecule has 1 saturated heterocycles. The molecule has 54 heavy (non-hydrogen) atoms. The molecule has 3 aromatic rings. The topological polar surface area (TPSA) is 134 Å². The molecule has 0 spiro atoms. The lowest BCUT2D eigenvalue weighted by molar-refractivity contribution is 0.00576. The monoisotopic (exact) mass is 760 g/mol. The van der Waals surface area contributed by atoms with E-state index in [1.165, 1.54) is 29.9 Å². The van der Waals surface area contributed by atoms with Gasteiger partial charge in [0.1, 0.15) is 28.2 Å². The van der Waals surface area contributed by atoms with E-state index in [4.69, 9.17) is 36.3 Å². The molecular weight excluding hydrogens is 708 g/mol. The predicted octanol–water partition coefficient (Wildman–Crippen LogP) is 8.59. The molecule has 5 rings (SSSR count). The first-order valence-electron chi connectivity index (χ1n) is 18.3. The number of methoxy groups -OCH3 is 1. The van der Waals surface area contributed by atoms with Gasteiger partial charge in [0.25, 0.3) is 0 Å². The van der Waals surface area contributed by atoms with Gasteiger partial charge >= 0.3 is 17.9 Å². The molecule has 0 radical (unpaired) electrons. The molecule has 0 atom stereocenters. The van der Waals surface area contributed by atoms with Crippen LogP contribution in [0.15, 0.2) is 54.1 Å². The van der Waals surface area contributed by atoms with Crippen molar-refractivity contribution in [1.82, 2.24) is 9.88 Å². The van der Waals surface area contributed by atoms with Crippen LogP contribution in [0.1, 0.15) is 112 Å². The second kappa shape index (κ2) is 16.0. The van der Waals surface area contributed by atoms with E-state index in [2.05, 4.69) is 40.8 Å². The first kappa shape index (κ1) is 40.6. The van der Waals surface area contributed by atoms with Crippen LogP contribution >= 0.6 is 11.6 Å². The molecule has 290 valence electrons. The van der Waals surface area contributed by atoms with Crippen LogP contribution in [0.3, 0.4) is 0 Å². The second-order valence-electron chi connectivity index (χ2n) is 16.7. The average molecular weight is 761 g/mol. The van der Waals surface area contributed by atoms with Gasteiger partial charge in [-0.25, -0.2) is 19.4 Å². The number of benzene rings is 2. The van der Waals surface area contributed by atoms with E-state index in [1.54, 1.807) is 53.7 Å². The highest BCUT2D eigenvalue weighted by atomic mass is 35.5. The van der Waals surface area contributed by atoms with Crippen LogP contribution in [0.4, 0.5) is 11.4 Å². The number of nitrogen functional groups attached to an aromatic ring is 1. The normalized spacial score (nSPS) is 16.5. The zero-order chi connectivity index (χ0) is 39.6. The summed E-state index contributed by atoms with van der Waals surface area (Å²) in [6.07, 6.45) is 3.24. The molecule has 0 saturated carbocycles. The number of allylic oxidation sites excluding steroid dienone is 1. The largest absolute Gasteiger partial charge is 0.465 e. The fourth-order valence-electron chi connectivity index (χ4n) is 6.62. The number of pyridine rings is 1. The highest BCUT2D eigenvalue weighted by Crippen LogP contribution is 2.43. The van der Waals surface area contributed by atoms with E-state index in [0.29, 0.717) is 0 Å². The number of carbonyl (C=O) groups excluding carboxylic acids is 3. The summed E-state index contributed by atoms with van der Waals surface area (Å²) >= 11 is 6.22. The third kappa shape index (κ3) is 10.3. The van der Waals surface area contributed by atoms with Gasteiger partial charge < -0.3 is 29.6 Å². The van der Waals surface area contributed by atoms with Crippen molar-refractivity contribution < 1.29 is 33.3 Å². The lowest BCUT2D eigenvalue weighted by Gasteiger charge is -2.39. The highest BCUT2D eigenvalue weighted by molar-refractivity contribution is 6.30. The molecular formula is C42H53ClN4O7. The van der Waals surface area contributed by atoms with Gasteiger partial charge in [0.2, 0.25) is 0 Å². The van der Waals surface area contributed by atoms with E-state index >= 15 is 0 Å². The average Bonchev–Trinajstić information content (AvgIpc) is 3.08. The molecule has 1 aliphatic heterocycles. The van der Waals surface area contributed by atoms with E-state index in [9.17, 15) is 14.4 Å². The van der Waals surface area contributed by atoms with Crippen molar-refractivity contribution in [2.75, 3.05) is 50.5 Å². The number of hydrogen-bond acceptors (Lipinski definition) is 11. The fraction of sp³-hybridized carbons (Fsp3) is 0.476. The summed E-state index contributed by atoms with van der Waals surface area (Å²) < 4.78 is 22.4. The van der Waals surface area contributed by atoms with Crippen LogP contribution in [-0.4, -0.2) is 78.8 Å². The number of nitrogens with zero attached hydrogens (tertiary/aromatic N) is 3. The van der Waals surface area contributed by atoms with Gasteiger partial charge in [-0.1, -0.05) is 43.2 Å². The van der Waals surface area contributed by atoms with Gasteiger partial charge in [0.15, 0.2) is 17.1 Å². The van der Waals surface area contributed by atoms with Gasteiger partial charge in [0, 0.05) is 55.6 Å². The van der Waals surface area contributed by atoms with Crippen molar-refractivity contribution in [3.05, 3.63) is 81.6 Å². The van der Waals surface area contributed by atoms with Crippen molar-refractivity contribution in [2.45, 2.75) is 85.9 Å². The van der Waals surface area contributed by atoms with Crippen molar-refractivity contribution in [3.8, 4) is 11.5 Å². The third-order valence-electron chi connectivity index (χ3n) is 9.34. The molecule has 1 aromatic heterocycles. The van der Waals surface area contributed by atoms with Crippen molar-refractivity contribution in [1.29, 1.82) is 0 Å². The van der Waals surface area contributed by atoms with Crippen LogP contribution in [0, 0.1) is 5.41 Å². The molecule has 0 unspecified atom stereocenters. The Morgan fingerprint density at radius 3 is 2.09 bits per heavy atom. The van der Waals surface area contributed by atoms with Crippen molar-refractivity contribution >= 4 is 46.5 Å². The standard InChI is InChI=1S/C42H53ClN4O7/c1-40(2,3)53-38(49)32-23-34(35(44)36(45-32)39(50)54-41(4,5)6)52-33-22-29(14-15-30(33)37(48)51-9)47-20-18-46(19-21-47)25-27-16-17-42(7,8)24-31(27)26-10-12-28(43)13-11-26/h10-15,22-23H,16-21,24-25,44H2,1-9H3. The zero-order valence-electron chi connectivity index (χ0n) is 32.9. The Hall–Kier alpha value is -4.61. The number of hydrogen-bond donors (Lipinski definition) is 1. The number of rotatable bonds is 9. The Labute approximate surface area is 323 Å². The van der Waals surface area contributed by atoms with Crippen LogP contribution in [0.2, 0.25) is 5.02 Å². The van der Waals surface area contributed by atoms with Crippen LogP contribution in [-0.2, 0) is 14.2 Å². The van der Waals surface area contributed by atoms with E-state index in [-0.39, 0.29) is 39.6 Å². The molecule has 2 N–H and O–H groups in total. The summed E-state index contributed by atoms with van der Waals surface area (Å²) in [6.45, 7) is 19.0. The van der Waals surface area contributed by atoms with Crippen LogP contribution in [0.25, 0.3) is 5.57 Å². The summed E-state index contributed by atoms with van der Waals surface area (Å²) in [7, 11) is 1.28. The minimum absolute atomic E-state index is 0.0701. The van der Waals surface area contributed by atoms with Crippen molar-refractivity contribution in [3.63, 3.8) is 0 Å². The summed E-state index contributed by atoms with van der Waals surface area (Å²) in [5.41, 5.74) is 9.41. The maximum atomic E-state index is 13.2. The number of nitrogens with two attached hydrogens (primary N) is 1. The third-order valence-corrected chi connectivity index (χ3v) is 9.59. The summed E-state index contributed by atoms with van der Waals surface area (Å²) in [5, 5.41) is 0.737. The molecule has 12 heteroatoms. The minimum atomic E-state index is -0.867. The number of aromatic nitrogens is 1. The molecule has 1 fully saturated rings. The molecule has 0 amide bonds. The fourth-order valence-corrected chi connectivity index (χ4v) is 6.75. The van der Waals surface area contributed by atoms with Gasteiger partial charge in [-0.3, -0.25) is 4.90 Å². The van der Waals surface area contributed by atoms with E-state index < -0.39 is 29.1 Å². The number of anilines is 2. The smallest absolute Gasteiger partial charge is 0.359 e. The molecule has 0 bridgehead atoms. The second-order valence-corrected chi connectivity index (χ2v) is 17.2. The lowest BCUT2D eigenvalue weighted by Crippen LogP contribution is -2.47. The Kier molecular flexibility index (Phi) is 12.0. The minimum Gasteiger partial charge on any atom is -0.465 e. The summed E-state index contributed by atoms with van der Waals surface area (Å²) in [5.74, 6) is -2.20. The van der Waals surface area contributed by atoms with E-state index in [0.717, 1.165) is 62.7 Å². The maximum Gasteiger partial charge on any atom is 0.359 e. The molecule has 2 aromatic carbocycles.